The van der Waals surface area contributed by atoms with Crippen LogP contribution in [-0.2, 0) is 6.54 Å². The summed E-state index contributed by atoms with van der Waals surface area (Å²) < 4.78 is 0. The first-order valence-corrected chi connectivity index (χ1v) is 9.95. The van der Waals surface area contributed by atoms with Gasteiger partial charge in [-0.2, -0.15) is 0 Å². The second kappa shape index (κ2) is 11.4. The Morgan fingerprint density at radius 1 is 1.17 bits per heavy atom. The maximum atomic E-state index is 4.40. The maximum Gasteiger partial charge on any atom is 0.193 e. The quantitative estimate of drug-likeness (QED) is 0.319. The first kappa shape index (κ1) is 20.8. The highest BCUT2D eigenvalue weighted by atomic mass is 32.2. The Bertz CT molecular complexity index is 485. The fourth-order valence-electron chi connectivity index (χ4n) is 2.41. The summed E-state index contributed by atoms with van der Waals surface area (Å²) in [5.74, 6) is 0.959. The fourth-order valence-corrected chi connectivity index (χ4v) is 2.82. The number of nitrogens with one attached hydrogen (secondary N) is 1. The summed E-state index contributed by atoms with van der Waals surface area (Å²) in [4.78, 5) is 10.3. The van der Waals surface area contributed by atoms with Gasteiger partial charge < -0.3 is 15.1 Å². The van der Waals surface area contributed by atoms with Crippen LogP contribution in [0, 0.1) is 0 Å². The van der Waals surface area contributed by atoms with Crippen molar-refractivity contribution >= 4 is 17.7 Å². The topological polar surface area (TPSA) is 30.9 Å². The van der Waals surface area contributed by atoms with Crippen LogP contribution in [0.3, 0.4) is 0 Å². The molecule has 0 spiro atoms. The summed E-state index contributed by atoms with van der Waals surface area (Å²) in [5, 5.41) is 3.47. The molecule has 0 radical (unpaired) electrons. The van der Waals surface area contributed by atoms with Gasteiger partial charge >= 0.3 is 0 Å². The molecule has 0 heterocycles. The average Bonchev–Trinajstić information content (AvgIpc) is 2.58. The van der Waals surface area contributed by atoms with E-state index < -0.39 is 0 Å². The van der Waals surface area contributed by atoms with Crippen molar-refractivity contribution in [3.05, 3.63) is 29.8 Å². The smallest absolute Gasteiger partial charge is 0.193 e. The highest BCUT2D eigenvalue weighted by Gasteiger charge is 2.07. The van der Waals surface area contributed by atoms with Crippen LogP contribution in [0.5, 0.6) is 0 Å². The zero-order chi connectivity index (χ0) is 17.9. The highest BCUT2D eigenvalue weighted by molar-refractivity contribution is 7.98. The minimum absolute atomic E-state index is 0.620. The summed E-state index contributed by atoms with van der Waals surface area (Å²) in [5.41, 5.74) is 1.30. The van der Waals surface area contributed by atoms with Crippen molar-refractivity contribution in [1.82, 2.24) is 15.1 Å². The van der Waals surface area contributed by atoms with Crippen LogP contribution in [-0.4, -0.2) is 62.3 Å². The molecular weight excluding hydrogens is 316 g/mol. The lowest BCUT2D eigenvalue weighted by molar-refractivity contribution is 0.268. The van der Waals surface area contributed by atoms with Gasteiger partial charge in [-0.1, -0.05) is 12.1 Å². The fraction of sp³-hybridized carbons (Fsp3) is 0.632. The monoisotopic (exact) mass is 350 g/mol. The second-order valence-corrected chi connectivity index (χ2v) is 7.34. The Hall–Kier alpha value is -1.20. The van der Waals surface area contributed by atoms with Crippen molar-refractivity contribution in [2.45, 2.75) is 44.2 Å². The van der Waals surface area contributed by atoms with Gasteiger partial charge in [0.05, 0.1) is 0 Å². The normalized spacial score (nSPS) is 12.1. The number of unbranched alkanes of at least 4 members (excludes halogenated alkanes) is 1. The van der Waals surface area contributed by atoms with Crippen LogP contribution in [0.1, 0.15) is 32.3 Å². The summed E-state index contributed by atoms with van der Waals surface area (Å²) in [6.07, 6.45) is 4.47. The SMILES string of the molecule is CN=C(NCCCCN(C)C(C)C)N(C)Cc1ccc(SC)cc1. The zero-order valence-corrected chi connectivity index (χ0v) is 17.0. The summed E-state index contributed by atoms with van der Waals surface area (Å²) in [6, 6.07) is 9.36. The van der Waals surface area contributed by atoms with Gasteiger partial charge in [-0.25, -0.2) is 0 Å². The lowest BCUT2D eigenvalue weighted by Gasteiger charge is -2.23. The van der Waals surface area contributed by atoms with Crippen molar-refractivity contribution in [2.75, 3.05) is 40.5 Å². The van der Waals surface area contributed by atoms with Gasteiger partial charge in [-0.3, -0.25) is 4.99 Å². The molecule has 0 saturated carbocycles. The van der Waals surface area contributed by atoms with Gasteiger partial charge in [0.2, 0.25) is 0 Å². The number of thioether (sulfide) groups is 1. The van der Waals surface area contributed by atoms with E-state index >= 15 is 0 Å². The number of nitrogens with zero attached hydrogens (tertiary/aromatic N) is 3. The van der Waals surface area contributed by atoms with E-state index in [0.717, 1.165) is 32.0 Å². The lowest BCUT2D eigenvalue weighted by Crippen LogP contribution is -2.39. The second-order valence-electron chi connectivity index (χ2n) is 6.46. The zero-order valence-electron chi connectivity index (χ0n) is 16.2. The molecule has 1 N–H and O–H groups in total. The highest BCUT2D eigenvalue weighted by Crippen LogP contribution is 2.15. The number of guanidine groups is 1. The molecule has 0 aliphatic carbocycles. The number of rotatable bonds is 9. The molecule has 0 amide bonds. The number of hydrogen-bond donors (Lipinski definition) is 1. The van der Waals surface area contributed by atoms with E-state index in [1.165, 1.54) is 16.9 Å². The van der Waals surface area contributed by atoms with Crippen molar-refractivity contribution in [1.29, 1.82) is 0 Å². The third-order valence-corrected chi connectivity index (χ3v) is 5.00. The van der Waals surface area contributed by atoms with Crippen molar-refractivity contribution in [2.24, 2.45) is 4.99 Å². The Morgan fingerprint density at radius 3 is 2.38 bits per heavy atom. The molecule has 1 aromatic carbocycles. The number of benzene rings is 1. The van der Waals surface area contributed by atoms with Gasteiger partial charge in [0.25, 0.3) is 0 Å². The first-order valence-electron chi connectivity index (χ1n) is 8.73. The van der Waals surface area contributed by atoms with Gasteiger partial charge in [0.1, 0.15) is 0 Å². The van der Waals surface area contributed by atoms with E-state index in [0.29, 0.717) is 6.04 Å². The van der Waals surface area contributed by atoms with E-state index in [-0.39, 0.29) is 0 Å². The average molecular weight is 351 g/mol. The predicted octanol–water partition coefficient (Wildman–Crippen LogP) is 3.54. The van der Waals surface area contributed by atoms with E-state index in [1.54, 1.807) is 11.8 Å². The third-order valence-electron chi connectivity index (χ3n) is 4.25. The van der Waals surface area contributed by atoms with E-state index in [9.17, 15) is 0 Å². The summed E-state index contributed by atoms with van der Waals surface area (Å²) in [6.45, 7) is 7.45. The minimum atomic E-state index is 0.620. The van der Waals surface area contributed by atoms with Crippen molar-refractivity contribution < 1.29 is 0 Å². The first-order chi connectivity index (χ1) is 11.5. The predicted molar refractivity (Wildman–Crippen MR) is 108 cm³/mol. The van der Waals surface area contributed by atoms with Crippen LogP contribution in [0.25, 0.3) is 0 Å². The molecule has 136 valence electrons. The summed E-state index contributed by atoms with van der Waals surface area (Å²) >= 11 is 1.77. The minimum Gasteiger partial charge on any atom is -0.356 e. The Labute approximate surface area is 152 Å². The van der Waals surface area contributed by atoms with Crippen LogP contribution in [0.4, 0.5) is 0 Å². The Kier molecular flexibility index (Phi) is 9.88. The molecule has 5 heteroatoms. The molecule has 0 bridgehead atoms. The summed E-state index contributed by atoms with van der Waals surface area (Å²) in [7, 11) is 6.12. The lowest BCUT2D eigenvalue weighted by atomic mass is 10.2. The van der Waals surface area contributed by atoms with Gasteiger partial charge in [-0.15, -0.1) is 11.8 Å². The molecule has 4 nitrogen and oxygen atoms in total. The van der Waals surface area contributed by atoms with E-state index in [2.05, 4.69) is 78.6 Å². The van der Waals surface area contributed by atoms with E-state index in [1.807, 2.05) is 7.05 Å². The number of hydrogen-bond acceptors (Lipinski definition) is 3. The largest absolute Gasteiger partial charge is 0.356 e. The van der Waals surface area contributed by atoms with Gasteiger partial charge in [-0.05, 0) is 64.2 Å². The maximum absolute atomic E-state index is 4.40. The molecule has 1 aromatic rings. The number of aliphatic imine (C=N–C) groups is 1. The molecular formula is C19H34N4S. The molecule has 0 unspecified atom stereocenters. The molecule has 0 aliphatic rings. The molecule has 0 atom stereocenters. The van der Waals surface area contributed by atoms with Crippen LogP contribution < -0.4 is 5.32 Å². The Balaban J connectivity index is 2.34. The molecule has 24 heavy (non-hydrogen) atoms. The standard InChI is InChI=1S/C19H34N4S/c1-16(2)22(4)14-8-7-13-21-19(20-3)23(5)15-17-9-11-18(24-6)12-10-17/h9-12,16H,7-8,13-15H2,1-6H3,(H,20,21). The van der Waals surface area contributed by atoms with Crippen LogP contribution >= 0.6 is 11.8 Å². The van der Waals surface area contributed by atoms with Crippen LogP contribution in [0.15, 0.2) is 34.2 Å². The molecule has 0 fully saturated rings. The van der Waals surface area contributed by atoms with Gasteiger partial charge in [0, 0.05) is 38.1 Å². The van der Waals surface area contributed by atoms with Crippen LogP contribution in [0.2, 0.25) is 0 Å². The molecule has 1 rings (SSSR count). The Morgan fingerprint density at radius 2 is 1.83 bits per heavy atom. The van der Waals surface area contributed by atoms with Crippen molar-refractivity contribution in [3.8, 4) is 0 Å². The van der Waals surface area contributed by atoms with Gasteiger partial charge in [0.15, 0.2) is 5.96 Å². The van der Waals surface area contributed by atoms with Crippen molar-refractivity contribution in [3.63, 3.8) is 0 Å². The molecule has 0 saturated heterocycles. The molecule has 0 aromatic heterocycles. The van der Waals surface area contributed by atoms with E-state index in [4.69, 9.17) is 0 Å². The third kappa shape index (κ3) is 7.58. The molecule has 0 aliphatic heterocycles.